The van der Waals surface area contributed by atoms with E-state index in [2.05, 4.69) is 26.5 Å². The van der Waals surface area contributed by atoms with E-state index in [0.717, 1.165) is 5.56 Å². The molecule has 0 aliphatic rings. The minimum atomic E-state index is -0.983. The summed E-state index contributed by atoms with van der Waals surface area (Å²) in [5.41, 5.74) is 4.57. The van der Waals surface area contributed by atoms with Crippen LogP contribution in [0, 0.1) is 0 Å². The third-order valence-electron chi connectivity index (χ3n) is 4.32. The highest BCUT2D eigenvalue weighted by Gasteiger charge is 2.12. The smallest absolute Gasteiger partial charge is 0.335 e. The molecular weight excluding hydrogens is 500 g/mol. The number of aromatic carboxylic acids is 1. The zero-order valence-electron chi connectivity index (χ0n) is 16.8. The second-order valence-corrected chi connectivity index (χ2v) is 7.82. The van der Waals surface area contributed by atoms with Gasteiger partial charge in [-0.1, -0.05) is 23.7 Å². The van der Waals surface area contributed by atoms with Gasteiger partial charge in [-0.05, 0) is 75.6 Å². The number of methoxy groups -OCH3 is 1. The first-order valence-electron chi connectivity index (χ1n) is 9.29. The van der Waals surface area contributed by atoms with Gasteiger partial charge in [0, 0.05) is 10.6 Å². The highest BCUT2D eigenvalue weighted by Crippen LogP contribution is 2.36. The molecule has 32 heavy (non-hydrogen) atoms. The summed E-state index contributed by atoms with van der Waals surface area (Å²) >= 11 is 9.29. The van der Waals surface area contributed by atoms with Crippen molar-refractivity contribution in [2.75, 3.05) is 7.11 Å². The first-order chi connectivity index (χ1) is 15.4. The summed E-state index contributed by atoms with van der Waals surface area (Å²) in [6, 6.07) is 16.4. The Balaban J connectivity index is 1.67. The van der Waals surface area contributed by atoms with Crippen LogP contribution in [-0.2, 0) is 6.61 Å². The average Bonchev–Trinajstić information content (AvgIpc) is 2.78. The largest absolute Gasteiger partial charge is 0.493 e. The van der Waals surface area contributed by atoms with Gasteiger partial charge in [-0.2, -0.15) is 5.10 Å². The second-order valence-electron chi connectivity index (χ2n) is 6.53. The van der Waals surface area contributed by atoms with Crippen LogP contribution in [0.15, 0.2) is 70.2 Å². The minimum Gasteiger partial charge on any atom is -0.493 e. The molecule has 0 saturated heterocycles. The van der Waals surface area contributed by atoms with Gasteiger partial charge in [0.15, 0.2) is 11.5 Å². The number of carboxylic acids is 1. The summed E-state index contributed by atoms with van der Waals surface area (Å²) < 4.78 is 11.9. The zero-order chi connectivity index (χ0) is 23.1. The fourth-order valence-electron chi connectivity index (χ4n) is 2.68. The summed E-state index contributed by atoms with van der Waals surface area (Å²) in [4.78, 5) is 23.1. The van der Waals surface area contributed by atoms with E-state index in [4.69, 9.17) is 26.2 Å². The van der Waals surface area contributed by atoms with Gasteiger partial charge in [0.25, 0.3) is 5.91 Å². The summed E-state index contributed by atoms with van der Waals surface area (Å²) in [5.74, 6) is -0.398. The fourth-order valence-corrected chi connectivity index (χ4v) is 3.38. The molecule has 0 heterocycles. The van der Waals surface area contributed by atoms with Gasteiger partial charge >= 0.3 is 5.97 Å². The van der Waals surface area contributed by atoms with E-state index < -0.39 is 5.97 Å². The number of carboxylic acid groups (broad SMARTS) is 1. The Bertz CT molecular complexity index is 1150. The van der Waals surface area contributed by atoms with E-state index in [1.807, 2.05) is 0 Å². The van der Waals surface area contributed by atoms with Crippen LogP contribution in [0.5, 0.6) is 11.5 Å². The lowest BCUT2D eigenvalue weighted by Crippen LogP contribution is -2.17. The molecule has 9 heteroatoms. The third-order valence-corrected chi connectivity index (χ3v) is 5.16. The van der Waals surface area contributed by atoms with E-state index >= 15 is 0 Å². The number of hydrogen-bond acceptors (Lipinski definition) is 5. The SMILES string of the molecule is COc1cc(/C=N\NC(=O)c2ccc(Cl)cc2)cc(Br)c1OCc1ccc(C(=O)O)cc1. The lowest BCUT2D eigenvalue weighted by Gasteiger charge is -2.13. The summed E-state index contributed by atoms with van der Waals surface area (Å²) in [6.07, 6.45) is 1.48. The average molecular weight is 518 g/mol. The molecular formula is C23H18BrClN2O5. The number of amides is 1. The maximum atomic E-state index is 12.1. The van der Waals surface area contributed by atoms with Crippen LogP contribution in [-0.4, -0.2) is 30.3 Å². The molecule has 0 spiro atoms. The third kappa shape index (κ3) is 6.09. The standard InChI is InChI=1S/C23H18BrClN2O5/c1-31-20-11-15(12-26-27-22(28)16-6-8-18(25)9-7-16)10-19(24)21(20)32-13-14-2-4-17(5-3-14)23(29)30/h2-12H,13H2,1H3,(H,27,28)(H,29,30)/b26-12-. The van der Waals surface area contributed by atoms with Crippen LogP contribution >= 0.6 is 27.5 Å². The van der Waals surface area contributed by atoms with Crippen molar-refractivity contribution in [2.24, 2.45) is 5.10 Å². The molecule has 0 radical (unpaired) electrons. The van der Waals surface area contributed by atoms with Gasteiger partial charge in [-0.25, -0.2) is 10.2 Å². The molecule has 0 unspecified atom stereocenters. The number of benzene rings is 3. The van der Waals surface area contributed by atoms with Gasteiger partial charge in [0.2, 0.25) is 0 Å². The number of halogens is 2. The van der Waals surface area contributed by atoms with E-state index in [1.54, 1.807) is 48.5 Å². The molecule has 0 aromatic heterocycles. The number of hydrazone groups is 1. The molecule has 7 nitrogen and oxygen atoms in total. The molecule has 3 rings (SSSR count). The monoisotopic (exact) mass is 516 g/mol. The maximum Gasteiger partial charge on any atom is 0.335 e. The van der Waals surface area contributed by atoms with E-state index in [0.29, 0.717) is 32.1 Å². The van der Waals surface area contributed by atoms with Gasteiger partial charge in [-0.15, -0.1) is 0 Å². The van der Waals surface area contributed by atoms with Crippen molar-refractivity contribution in [3.05, 3.63) is 92.4 Å². The maximum absolute atomic E-state index is 12.1. The van der Waals surface area contributed by atoms with Crippen LogP contribution in [0.25, 0.3) is 0 Å². The van der Waals surface area contributed by atoms with Crippen molar-refractivity contribution >= 4 is 45.6 Å². The van der Waals surface area contributed by atoms with Gasteiger partial charge in [0.1, 0.15) is 6.61 Å². The van der Waals surface area contributed by atoms with E-state index in [-0.39, 0.29) is 18.1 Å². The number of nitrogens with one attached hydrogen (secondary N) is 1. The topological polar surface area (TPSA) is 97.2 Å². The van der Waals surface area contributed by atoms with Crippen LogP contribution < -0.4 is 14.9 Å². The van der Waals surface area contributed by atoms with Crippen LogP contribution in [0.4, 0.5) is 0 Å². The van der Waals surface area contributed by atoms with Crippen LogP contribution in [0.1, 0.15) is 31.8 Å². The van der Waals surface area contributed by atoms with Gasteiger partial charge in [0.05, 0.1) is 23.4 Å². The molecule has 0 saturated carbocycles. The van der Waals surface area contributed by atoms with Gasteiger partial charge < -0.3 is 14.6 Å². The molecule has 3 aromatic rings. The van der Waals surface area contributed by atoms with Crippen molar-refractivity contribution in [3.8, 4) is 11.5 Å². The Morgan fingerprint density at radius 3 is 2.38 bits per heavy atom. The molecule has 0 aliphatic carbocycles. The second kappa shape index (κ2) is 10.8. The van der Waals surface area contributed by atoms with Crippen molar-refractivity contribution in [1.29, 1.82) is 0 Å². The van der Waals surface area contributed by atoms with Crippen LogP contribution in [0.3, 0.4) is 0 Å². The number of hydrogen-bond donors (Lipinski definition) is 2. The molecule has 1 amide bonds. The fraction of sp³-hybridized carbons (Fsp3) is 0.0870. The number of carbonyl (C=O) groups is 2. The van der Waals surface area contributed by atoms with Crippen LogP contribution in [0.2, 0.25) is 5.02 Å². The molecule has 2 N–H and O–H groups in total. The highest BCUT2D eigenvalue weighted by molar-refractivity contribution is 9.10. The zero-order valence-corrected chi connectivity index (χ0v) is 19.2. The predicted octanol–water partition coefficient (Wildman–Crippen LogP) is 5.15. The molecule has 164 valence electrons. The Hall–Kier alpha value is -3.36. The lowest BCUT2D eigenvalue weighted by molar-refractivity contribution is 0.0696. The summed E-state index contributed by atoms with van der Waals surface area (Å²) in [6.45, 7) is 0.222. The minimum absolute atomic E-state index is 0.208. The first kappa shape index (κ1) is 23.3. The van der Waals surface area contributed by atoms with Gasteiger partial charge in [-0.3, -0.25) is 4.79 Å². The van der Waals surface area contributed by atoms with Crippen molar-refractivity contribution in [1.82, 2.24) is 5.43 Å². The van der Waals surface area contributed by atoms with E-state index in [9.17, 15) is 9.59 Å². The number of carbonyl (C=O) groups excluding carboxylic acids is 1. The molecule has 0 atom stereocenters. The Labute approximate surface area is 197 Å². The summed E-state index contributed by atoms with van der Waals surface area (Å²) in [5, 5.41) is 13.5. The lowest BCUT2D eigenvalue weighted by atomic mass is 10.1. The number of rotatable bonds is 8. The highest BCUT2D eigenvalue weighted by atomic mass is 79.9. The number of ether oxygens (including phenoxy) is 2. The molecule has 0 aliphatic heterocycles. The molecule has 0 fully saturated rings. The quantitative estimate of drug-likeness (QED) is 0.318. The Morgan fingerprint density at radius 2 is 1.75 bits per heavy atom. The van der Waals surface area contributed by atoms with Crippen molar-refractivity contribution in [3.63, 3.8) is 0 Å². The Morgan fingerprint density at radius 1 is 1.09 bits per heavy atom. The summed E-state index contributed by atoms with van der Waals surface area (Å²) in [7, 11) is 1.51. The molecule has 0 bridgehead atoms. The number of nitrogens with zero attached hydrogens (tertiary/aromatic N) is 1. The van der Waals surface area contributed by atoms with E-state index in [1.165, 1.54) is 25.5 Å². The Kier molecular flexibility index (Phi) is 7.86. The molecule has 3 aromatic carbocycles. The normalized spacial score (nSPS) is 10.7. The van der Waals surface area contributed by atoms with Crippen molar-refractivity contribution in [2.45, 2.75) is 6.61 Å². The first-order valence-corrected chi connectivity index (χ1v) is 10.5. The van der Waals surface area contributed by atoms with Crippen molar-refractivity contribution < 1.29 is 24.2 Å². The predicted molar refractivity (Wildman–Crippen MR) is 125 cm³/mol.